The van der Waals surface area contributed by atoms with Gasteiger partial charge in [0.1, 0.15) is 18.2 Å². The molecule has 7 nitrogen and oxygen atoms in total. The van der Waals surface area contributed by atoms with E-state index in [0.29, 0.717) is 23.3 Å². The first-order valence-electron chi connectivity index (χ1n) is 11.6. The van der Waals surface area contributed by atoms with Crippen LogP contribution in [0.4, 0.5) is 0 Å². The Bertz CT molecular complexity index is 1570. The fourth-order valence-corrected chi connectivity index (χ4v) is 6.37. The molecule has 1 atom stereocenters. The van der Waals surface area contributed by atoms with Gasteiger partial charge in [-0.15, -0.1) is 0 Å². The molecule has 1 aliphatic rings. The normalized spacial score (nSPS) is 13.4. The van der Waals surface area contributed by atoms with Crippen LogP contribution in [0, 0.1) is 7.14 Å². The van der Waals surface area contributed by atoms with Crippen LogP contribution in [0.3, 0.4) is 0 Å². The highest BCUT2D eigenvalue weighted by Crippen LogP contribution is 2.34. The summed E-state index contributed by atoms with van der Waals surface area (Å²) in [5, 5.41) is 5.11. The summed E-state index contributed by atoms with van der Waals surface area (Å²) in [5.41, 5.74) is 2.34. The van der Waals surface area contributed by atoms with Gasteiger partial charge in [0, 0.05) is 10.4 Å². The van der Waals surface area contributed by atoms with Crippen molar-refractivity contribution in [2.24, 2.45) is 5.10 Å². The number of rotatable bonds is 7. The Balaban J connectivity index is 1.43. The van der Waals surface area contributed by atoms with Crippen LogP contribution in [0.5, 0.6) is 17.2 Å². The van der Waals surface area contributed by atoms with Gasteiger partial charge in [-0.1, -0.05) is 35.8 Å². The number of aromatic nitrogens is 2. The fraction of sp³-hybridized carbons (Fsp3) is 0.222. The summed E-state index contributed by atoms with van der Waals surface area (Å²) >= 11 is 7.97. The van der Waals surface area contributed by atoms with Crippen molar-refractivity contribution in [2.75, 3.05) is 6.79 Å². The Hall–Kier alpha value is -2.19. The summed E-state index contributed by atoms with van der Waals surface area (Å²) in [7, 11) is 0. The molecule has 37 heavy (non-hydrogen) atoms. The minimum atomic E-state index is -0.189. The monoisotopic (exact) mass is 785 g/mol. The van der Waals surface area contributed by atoms with E-state index in [-0.39, 0.29) is 18.3 Å². The second-order valence-electron chi connectivity index (χ2n) is 8.59. The summed E-state index contributed by atoms with van der Waals surface area (Å²) < 4.78 is 21.1. The molecule has 0 saturated carbocycles. The number of hydrogen-bond donors (Lipinski definition) is 0. The van der Waals surface area contributed by atoms with E-state index in [0.717, 1.165) is 46.4 Å². The van der Waals surface area contributed by atoms with E-state index in [1.165, 1.54) is 4.68 Å². The lowest BCUT2D eigenvalue weighted by atomic mass is 10.1. The maximum atomic E-state index is 13.4. The molecule has 0 spiro atoms. The molecule has 0 fully saturated rings. The topological polar surface area (TPSA) is 74.9 Å². The molecule has 0 bridgehead atoms. The molecule has 0 radical (unpaired) electrons. The quantitative estimate of drug-likeness (QED) is 0.148. The third-order valence-corrected chi connectivity index (χ3v) is 8.15. The van der Waals surface area contributed by atoms with Crippen molar-refractivity contribution < 1.29 is 14.2 Å². The van der Waals surface area contributed by atoms with Crippen LogP contribution in [0.15, 0.2) is 62.9 Å². The van der Waals surface area contributed by atoms with Crippen LogP contribution < -0.4 is 19.8 Å². The summed E-state index contributed by atoms with van der Waals surface area (Å²) in [5.74, 6) is 3.00. The molecule has 1 aliphatic heterocycles. The first-order chi connectivity index (χ1) is 17.8. The predicted molar refractivity (Wildman–Crippen MR) is 164 cm³/mol. The summed E-state index contributed by atoms with van der Waals surface area (Å²) in [6, 6.07) is 15.3. The van der Waals surface area contributed by atoms with Crippen LogP contribution >= 0.6 is 61.1 Å². The van der Waals surface area contributed by atoms with Crippen LogP contribution in [0.1, 0.15) is 43.1 Å². The molecule has 3 aromatic carbocycles. The van der Waals surface area contributed by atoms with Crippen LogP contribution in [0.2, 0.25) is 0 Å². The Labute approximate surface area is 249 Å². The third-order valence-electron chi connectivity index (χ3n) is 6.05. The molecular weight excluding hydrogens is 764 g/mol. The second-order valence-corrected chi connectivity index (χ2v) is 11.8. The fourth-order valence-electron chi connectivity index (χ4n) is 3.88. The van der Waals surface area contributed by atoms with Crippen molar-refractivity contribution >= 4 is 78.2 Å². The van der Waals surface area contributed by atoms with E-state index >= 15 is 0 Å². The molecule has 190 valence electrons. The highest BCUT2D eigenvalue weighted by molar-refractivity contribution is 14.1. The summed E-state index contributed by atoms with van der Waals surface area (Å²) in [6.45, 7) is 4.78. The Morgan fingerprint density at radius 1 is 1.14 bits per heavy atom. The zero-order valence-corrected chi connectivity index (χ0v) is 25.9. The molecule has 0 aliphatic carbocycles. The number of ether oxygens (including phenoxy) is 3. The van der Waals surface area contributed by atoms with Gasteiger partial charge in [-0.2, -0.15) is 9.78 Å². The van der Waals surface area contributed by atoms with Gasteiger partial charge in [0.2, 0.25) is 6.79 Å². The van der Waals surface area contributed by atoms with Gasteiger partial charge in [0.15, 0.2) is 11.5 Å². The average molecular weight is 786 g/mol. The maximum Gasteiger partial charge on any atom is 0.282 e. The van der Waals surface area contributed by atoms with Gasteiger partial charge in [-0.3, -0.25) is 4.79 Å². The molecule has 1 aromatic heterocycles. The Kier molecular flexibility index (Phi) is 8.05. The largest absolute Gasteiger partial charge is 0.487 e. The molecule has 0 unspecified atom stereocenters. The van der Waals surface area contributed by atoms with E-state index in [1.54, 1.807) is 12.3 Å². The lowest BCUT2D eigenvalue weighted by Gasteiger charge is -2.14. The van der Waals surface area contributed by atoms with Crippen molar-refractivity contribution in [3.05, 3.63) is 87.4 Å². The standard InChI is InChI=1S/C27H22BrI2N3O4/c1-3-15(2)26-32-22-6-5-18(28)11-19(22)27(34)33(26)31-12-17-8-20(29)25(21(30)9-17)35-13-16-4-7-23-24(10-16)37-14-36-23/h4-12,15H,3,13-14H2,1-2H3/t15-/m1/s1. The molecule has 0 N–H and O–H groups in total. The van der Waals surface area contributed by atoms with Crippen LogP contribution in [0.25, 0.3) is 10.9 Å². The van der Waals surface area contributed by atoms with Crippen molar-refractivity contribution in [2.45, 2.75) is 32.8 Å². The highest BCUT2D eigenvalue weighted by Gasteiger charge is 2.17. The predicted octanol–water partition coefficient (Wildman–Crippen LogP) is 7.07. The first-order valence-corrected chi connectivity index (χ1v) is 14.6. The van der Waals surface area contributed by atoms with Gasteiger partial charge < -0.3 is 14.2 Å². The third kappa shape index (κ3) is 5.65. The van der Waals surface area contributed by atoms with Gasteiger partial charge in [-0.05, 0) is 105 Å². The number of halogens is 3. The van der Waals surface area contributed by atoms with E-state index in [2.05, 4.69) is 80.1 Å². The van der Waals surface area contributed by atoms with Crippen LogP contribution in [-0.4, -0.2) is 22.7 Å². The van der Waals surface area contributed by atoms with E-state index in [4.69, 9.17) is 19.2 Å². The maximum absolute atomic E-state index is 13.4. The van der Waals surface area contributed by atoms with Crippen molar-refractivity contribution in [1.82, 2.24) is 9.66 Å². The lowest BCUT2D eigenvalue weighted by molar-refractivity contribution is 0.174. The summed E-state index contributed by atoms with van der Waals surface area (Å²) in [4.78, 5) is 18.1. The second kappa shape index (κ2) is 11.3. The average Bonchev–Trinajstić information content (AvgIpc) is 3.35. The molecule has 0 amide bonds. The molecular formula is C27H22BrI2N3O4. The van der Waals surface area contributed by atoms with Crippen LogP contribution in [-0.2, 0) is 6.61 Å². The minimum Gasteiger partial charge on any atom is -0.487 e. The SMILES string of the molecule is CC[C@@H](C)c1nc2ccc(Br)cc2c(=O)n1N=Cc1cc(I)c(OCc2ccc3c(c2)OCO3)c(I)c1. The van der Waals surface area contributed by atoms with Gasteiger partial charge in [0.25, 0.3) is 5.56 Å². The van der Waals surface area contributed by atoms with Gasteiger partial charge >= 0.3 is 0 Å². The van der Waals surface area contributed by atoms with E-state index < -0.39 is 0 Å². The number of benzene rings is 3. The van der Waals surface area contributed by atoms with Gasteiger partial charge in [0.05, 0.1) is 24.3 Å². The minimum absolute atomic E-state index is 0.0742. The van der Waals surface area contributed by atoms with Crippen molar-refractivity contribution in [3.8, 4) is 17.2 Å². The van der Waals surface area contributed by atoms with E-state index in [1.807, 2.05) is 42.5 Å². The Morgan fingerprint density at radius 3 is 2.65 bits per heavy atom. The molecule has 10 heteroatoms. The van der Waals surface area contributed by atoms with Crippen molar-refractivity contribution in [1.29, 1.82) is 0 Å². The molecule has 2 heterocycles. The van der Waals surface area contributed by atoms with Crippen molar-refractivity contribution in [3.63, 3.8) is 0 Å². The molecule has 4 aromatic rings. The number of nitrogens with zero attached hydrogens (tertiary/aromatic N) is 3. The molecule has 0 saturated heterocycles. The highest BCUT2D eigenvalue weighted by atomic mass is 127. The first kappa shape index (κ1) is 26.4. The summed E-state index contributed by atoms with van der Waals surface area (Å²) in [6.07, 6.45) is 2.54. The number of hydrogen-bond acceptors (Lipinski definition) is 6. The number of fused-ring (bicyclic) bond motifs is 2. The zero-order chi connectivity index (χ0) is 26.1. The Morgan fingerprint density at radius 2 is 1.89 bits per heavy atom. The van der Waals surface area contributed by atoms with Gasteiger partial charge in [-0.25, -0.2) is 4.98 Å². The molecule has 5 rings (SSSR count). The smallest absolute Gasteiger partial charge is 0.282 e. The zero-order valence-electron chi connectivity index (χ0n) is 20.0. The lowest BCUT2D eigenvalue weighted by Crippen LogP contribution is -2.23. The van der Waals surface area contributed by atoms with E-state index in [9.17, 15) is 4.79 Å².